The standard InChI is InChI=1S/2C3H5.O.2Sn/c2*1-3-2;;;/h2*3H,1-2H2;;;. The Morgan fingerprint density at radius 3 is 1.89 bits per heavy atom. The summed E-state index contributed by atoms with van der Waals surface area (Å²) in [6, 6.07) is 0. The molecule has 48 valence electrons. The zero-order valence-electron chi connectivity index (χ0n) is 5.39. The minimum atomic E-state index is -0.438. The van der Waals surface area contributed by atoms with Crippen LogP contribution in [0.25, 0.3) is 0 Å². The van der Waals surface area contributed by atoms with Crippen molar-refractivity contribution in [2.24, 2.45) is 0 Å². The van der Waals surface area contributed by atoms with Crippen molar-refractivity contribution in [3.05, 3.63) is 25.3 Å². The molecular weight excluding hydrogens is 325 g/mol. The van der Waals surface area contributed by atoms with Crippen LogP contribution in [-0.4, -0.2) is 43.1 Å². The van der Waals surface area contributed by atoms with Crippen LogP contribution in [0.1, 0.15) is 0 Å². The van der Waals surface area contributed by atoms with Gasteiger partial charge in [-0.05, 0) is 0 Å². The Labute approximate surface area is 78.1 Å². The second kappa shape index (κ2) is 9.04. The van der Waals surface area contributed by atoms with E-state index in [1.807, 2.05) is 12.2 Å². The van der Waals surface area contributed by atoms with Crippen LogP contribution in [-0.2, 0) is 1.41 Å². The maximum absolute atomic E-state index is 5.51. The average molecular weight is 336 g/mol. The van der Waals surface area contributed by atoms with Crippen LogP contribution < -0.4 is 0 Å². The molecule has 4 radical (unpaired) electrons. The van der Waals surface area contributed by atoms with Crippen LogP contribution in [0.5, 0.6) is 0 Å². The molecule has 0 bridgehead atoms. The summed E-state index contributed by atoms with van der Waals surface area (Å²) >= 11 is -0.875. The first kappa shape index (κ1) is 10.0. The molecule has 9 heavy (non-hydrogen) atoms. The fourth-order valence-corrected chi connectivity index (χ4v) is 6.84. The van der Waals surface area contributed by atoms with E-state index in [1.54, 1.807) is 0 Å². The van der Waals surface area contributed by atoms with Gasteiger partial charge in [0, 0.05) is 0 Å². The summed E-state index contributed by atoms with van der Waals surface area (Å²) in [4.78, 5) is 0. The summed E-state index contributed by atoms with van der Waals surface area (Å²) in [5.74, 6) is 0. The first-order valence-corrected chi connectivity index (χ1v) is 9.12. The first-order valence-electron chi connectivity index (χ1n) is 2.75. The number of hydrogen-bond acceptors (Lipinski definition) is 1. The van der Waals surface area contributed by atoms with Crippen molar-refractivity contribution in [3.63, 3.8) is 0 Å². The molecule has 0 aromatic heterocycles. The normalized spacial score (nSPS) is 8.89. The Bertz CT molecular complexity index is 73.1. The Morgan fingerprint density at radius 2 is 1.56 bits per heavy atom. The van der Waals surface area contributed by atoms with Gasteiger partial charge in [0.15, 0.2) is 0 Å². The molecule has 1 nitrogen and oxygen atoms in total. The van der Waals surface area contributed by atoms with Crippen molar-refractivity contribution in [2.75, 3.05) is 0 Å². The number of rotatable bonds is 6. The molecule has 0 rings (SSSR count). The first-order chi connectivity index (χ1) is 4.41. The van der Waals surface area contributed by atoms with Gasteiger partial charge in [-0.15, -0.1) is 0 Å². The molecular formula is C6H10OSn2. The van der Waals surface area contributed by atoms with Crippen LogP contribution in [0.4, 0.5) is 0 Å². The summed E-state index contributed by atoms with van der Waals surface area (Å²) < 4.78 is 7.82. The molecule has 0 aromatic rings. The summed E-state index contributed by atoms with van der Waals surface area (Å²) in [6.45, 7) is 7.28. The van der Waals surface area contributed by atoms with E-state index in [0.29, 0.717) is 0 Å². The second-order valence-electron chi connectivity index (χ2n) is 1.38. The minimum absolute atomic E-state index is 0.438. The van der Waals surface area contributed by atoms with Gasteiger partial charge in [0.05, 0.1) is 0 Å². The quantitative estimate of drug-likeness (QED) is 0.406. The van der Waals surface area contributed by atoms with Crippen molar-refractivity contribution in [1.82, 2.24) is 0 Å². The molecule has 0 saturated carbocycles. The van der Waals surface area contributed by atoms with Gasteiger partial charge >= 0.3 is 78.7 Å². The van der Waals surface area contributed by atoms with E-state index in [9.17, 15) is 0 Å². The summed E-state index contributed by atoms with van der Waals surface area (Å²) in [6.07, 6.45) is 3.92. The summed E-state index contributed by atoms with van der Waals surface area (Å²) in [7, 11) is 0. The SMILES string of the molecule is C=C[CH2][Sn][O][Sn][CH2]C=C. The third-order valence-electron chi connectivity index (χ3n) is 0.600. The van der Waals surface area contributed by atoms with Gasteiger partial charge in [-0.2, -0.15) is 0 Å². The maximum atomic E-state index is 5.51. The average Bonchev–Trinajstić information content (AvgIpc) is 1.89. The molecule has 0 saturated heterocycles. The molecule has 0 aliphatic carbocycles. The van der Waals surface area contributed by atoms with E-state index in [-0.39, 0.29) is 0 Å². The van der Waals surface area contributed by atoms with Crippen molar-refractivity contribution in [1.29, 1.82) is 0 Å². The Balaban J connectivity index is 2.74. The van der Waals surface area contributed by atoms with Crippen molar-refractivity contribution < 1.29 is 1.41 Å². The zero-order chi connectivity index (χ0) is 6.95. The summed E-state index contributed by atoms with van der Waals surface area (Å²) in [5.41, 5.74) is 0. The van der Waals surface area contributed by atoms with Gasteiger partial charge in [0.25, 0.3) is 0 Å². The predicted octanol–water partition coefficient (Wildman–Crippen LogP) is 1.45. The van der Waals surface area contributed by atoms with Gasteiger partial charge in [-0.1, -0.05) is 0 Å². The van der Waals surface area contributed by atoms with Crippen LogP contribution in [0, 0.1) is 0 Å². The van der Waals surface area contributed by atoms with Gasteiger partial charge in [-0.25, -0.2) is 0 Å². The molecule has 0 aliphatic rings. The second-order valence-corrected chi connectivity index (χ2v) is 9.85. The molecule has 0 amide bonds. The van der Waals surface area contributed by atoms with E-state index >= 15 is 0 Å². The van der Waals surface area contributed by atoms with Gasteiger partial charge in [0.2, 0.25) is 0 Å². The third kappa shape index (κ3) is 9.04. The molecule has 0 spiro atoms. The van der Waals surface area contributed by atoms with Crippen LogP contribution >= 0.6 is 0 Å². The molecule has 0 aliphatic heterocycles. The van der Waals surface area contributed by atoms with Crippen LogP contribution in [0.2, 0.25) is 8.87 Å². The van der Waals surface area contributed by atoms with E-state index < -0.39 is 43.1 Å². The van der Waals surface area contributed by atoms with E-state index in [2.05, 4.69) is 13.2 Å². The Kier molecular flexibility index (Phi) is 10.1. The van der Waals surface area contributed by atoms with Gasteiger partial charge in [-0.3, -0.25) is 0 Å². The van der Waals surface area contributed by atoms with E-state index in [4.69, 9.17) is 1.41 Å². The van der Waals surface area contributed by atoms with Gasteiger partial charge < -0.3 is 0 Å². The molecule has 3 heteroatoms. The van der Waals surface area contributed by atoms with Crippen molar-refractivity contribution in [2.45, 2.75) is 8.87 Å². The number of allylic oxidation sites excluding steroid dienone is 2. The Morgan fingerprint density at radius 1 is 1.11 bits per heavy atom. The van der Waals surface area contributed by atoms with Crippen LogP contribution in [0.3, 0.4) is 0 Å². The molecule has 0 atom stereocenters. The summed E-state index contributed by atoms with van der Waals surface area (Å²) in [5, 5.41) is 0. The number of hydrogen-bond donors (Lipinski definition) is 0. The van der Waals surface area contributed by atoms with Crippen molar-refractivity contribution in [3.8, 4) is 0 Å². The Hall–Kier alpha value is 1.04. The fraction of sp³-hybridized carbons (Fsp3) is 0.333. The zero-order valence-corrected chi connectivity index (χ0v) is 11.1. The molecule has 0 heterocycles. The van der Waals surface area contributed by atoms with Crippen LogP contribution in [0.15, 0.2) is 25.3 Å². The van der Waals surface area contributed by atoms with Gasteiger partial charge in [0.1, 0.15) is 0 Å². The molecule has 0 N–H and O–H groups in total. The van der Waals surface area contributed by atoms with Crippen molar-refractivity contribution >= 4 is 43.1 Å². The molecule has 0 aromatic carbocycles. The third-order valence-corrected chi connectivity index (χ3v) is 9.55. The predicted molar refractivity (Wildman–Crippen MR) is 42.6 cm³/mol. The van der Waals surface area contributed by atoms with E-state index in [1.165, 1.54) is 0 Å². The molecule has 0 fully saturated rings. The van der Waals surface area contributed by atoms with E-state index in [0.717, 1.165) is 8.87 Å². The fourth-order valence-electron chi connectivity index (χ4n) is 0.252. The topological polar surface area (TPSA) is 9.23 Å². The monoisotopic (exact) mass is 338 g/mol. The molecule has 0 unspecified atom stereocenters.